The second-order valence-electron chi connectivity index (χ2n) is 10.4. The molecule has 2 aromatic carbocycles. The van der Waals surface area contributed by atoms with Gasteiger partial charge in [0.15, 0.2) is 0 Å². The number of primary amides is 1. The van der Waals surface area contributed by atoms with E-state index in [0.29, 0.717) is 23.4 Å². The zero-order valence-electron chi connectivity index (χ0n) is 23.7. The summed E-state index contributed by atoms with van der Waals surface area (Å²) in [5, 5.41) is 5.37. The lowest BCUT2D eigenvalue weighted by Crippen LogP contribution is -2.55. The van der Waals surface area contributed by atoms with Crippen LogP contribution < -0.4 is 21.1 Å². The Labute approximate surface area is 230 Å². The van der Waals surface area contributed by atoms with Crippen LogP contribution in [0.15, 0.2) is 48.5 Å². The van der Waals surface area contributed by atoms with E-state index in [9.17, 15) is 19.2 Å². The van der Waals surface area contributed by atoms with Gasteiger partial charge in [-0.2, -0.15) is 0 Å². The Hall–Kier alpha value is -4.08. The molecular formula is C29H40N4O6. The normalized spacial score (nSPS) is 13.4. The first-order valence-corrected chi connectivity index (χ1v) is 12.9. The van der Waals surface area contributed by atoms with Crippen LogP contribution in [0.25, 0.3) is 0 Å². The number of methoxy groups -OCH3 is 1. The summed E-state index contributed by atoms with van der Waals surface area (Å²) in [6.07, 6.45) is -0.841. The topological polar surface area (TPSA) is 140 Å². The summed E-state index contributed by atoms with van der Waals surface area (Å²) in [4.78, 5) is 53.8. The van der Waals surface area contributed by atoms with Crippen molar-refractivity contribution in [3.05, 3.63) is 59.7 Å². The number of hydrogen-bond donors (Lipinski definition) is 3. The van der Waals surface area contributed by atoms with Crippen molar-refractivity contribution in [2.45, 2.75) is 78.1 Å². The van der Waals surface area contributed by atoms with Gasteiger partial charge in [0.2, 0.25) is 11.8 Å². The van der Waals surface area contributed by atoms with E-state index in [0.717, 1.165) is 5.56 Å². The molecule has 0 saturated carbocycles. The Balaban J connectivity index is 2.55. The molecule has 10 nitrogen and oxygen atoms in total. The first-order chi connectivity index (χ1) is 18.2. The lowest BCUT2D eigenvalue weighted by Gasteiger charge is -2.38. The zero-order chi connectivity index (χ0) is 29.3. The van der Waals surface area contributed by atoms with Gasteiger partial charge in [0.1, 0.15) is 23.4 Å². The fraction of sp³-hybridized carbons (Fsp3) is 0.448. The number of nitrogens with zero attached hydrogens (tertiary/aromatic N) is 1. The highest BCUT2D eigenvalue weighted by atomic mass is 16.6. The quantitative estimate of drug-likeness (QED) is 0.392. The van der Waals surface area contributed by atoms with E-state index in [-0.39, 0.29) is 0 Å². The third-order valence-electron chi connectivity index (χ3n) is 5.96. The van der Waals surface area contributed by atoms with E-state index >= 15 is 0 Å². The predicted molar refractivity (Wildman–Crippen MR) is 149 cm³/mol. The second kappa shape index (κ2) is 13.6. The molecule has 39 heavy (non-hydrogen) atoms. The summed E-state index contributed by atoms with van der Waals surface area (Å²) in [5.74, 6) is -1.26. The third-order valence-corrected chi connectivity index (χ3v) is 5.96. The average Bonchev–Trinajstić information content (AvgIpc) is 2.84. The van der Waals surface area contributed by atoms with Gasteiger partial charge in [-0.3, -0.25) is 14.4 Å². The number of anilines is 1. The van der Waals surface area contributed by atoms with Gasteiger partial charge in [-0.25, -0.2) is 4.79 Å². The maximum atomic E-state index is 14.1. The van der Waals surface area contributed by atoms with E-state index in [1.807, 2.05) is 26.0 Å². The monoisotopic (exact) mass is 540 g/mol. The molecule has 0 spiro atoms. The Kier molecular flexibility index (Phi) is 10.9. The number of benzene rings is 2. The molecule has 0 bridgehead atoms. The molecule has 0 heterocycles. The number of amides is 4. The van der Waals surface area contributed by atoms with Gasteiger partial charge in [-0.15, -0.1) is 0 Å². The number of alkyl carbamates (subject to hydrolysis) is 1. The van der Waals surface area contributed by atoms with Crippen LogP contribution in [0.4, 0.5) is 10.5 Å². The largest absolute Gasteiger partial charge is 0.497 e. The Morgan fingerprint density at radius 1 is 1.05 bits per heavy atom. The lowest BCUT2D eigenvalue weighted by atomic mass is 9.98. The lowest BCUT2D eigenvalue weighted by molar-refractivity contribution is -0.144. The van der Waals surface area contributed by atoms with Crippen molar-refractivity contribution in [3.8, 4) is 5.75 Å². The maximum absolute atomic E-state index is 14.1. The molecule has 4 amide bonds. The summed E-state index contributed by atoms with van der Waals surface area (Å²) in [5.41, 5.74) is 6.59. The minimum atomic E-state index is -1.34. The molecule has 10 heteroatoms. The van der Waals surface area contributed by atoms with Crippen molar-refractivity contribution in [1.29, 1.82) is 0 Å². The molecule has 0 fully saturated rings. The number of carbonyl (C=O) groups is 4. The summed E-state index contributed by atoms with van der Waals surface area (Å²) < 4.78 is 10.5. The van der Waals surface area contributed by atoms with Crippen LogP contribution >= 0.6 is 0 Å². The first kappa shape index (κ1) is 31.1. The third kappa shape index (κ3) is 9.31. The smallest absolute Gasteiger partial charge is 0.408 e. The second-order valence-corrected chi connectivity index (χ2v) is 10.4. The Morgan fingerprint density at radius 3 is 2.21 bits per heavy atom. The Morgan fingerprint density at radius 2 is 1.69 bits per heavy atom. The highest BCUT2D eigenvalue weighted by Gasteiger charge is 2.39. The number of nitrogens with one attached hydrogen (secondary N) is 2. The molecular weight excluding hydrogens is 500 g/mol. The zero-order valence-corrected chi connectivity index (χ0v) is 23.7. The van der Waals surface area contributed by atoms with Crippen molar-refractivity contribution in [2.75, 3.05) is 12.4 Å². The fourth-order valence-electron chi connectivity index (χ4n) is 3.99. The molecule has 0 aliphatic carbocycles. The fourth-order valence-corrected chi connectivity index (χ4v) is 3.99. The number of carbonyl (C=O) groups excluding carboxylic acids is 4. The summed E-state index contributed by atoms with van der Waals surface area (Å²) in [7, 11) is 1.55. The van der Waals surface area contributed by atoms with Crippen LogP contribution in [0.5, 0.6) is 5.75 Å². The van der Waals surface area contributed by atoms with Crippen molar-refractivity contribution >= 4 is 29.5 Å². The van der Waals surface area contributed by atoms with E-state index in [2.05, 4.69) is 10.6 Å². The van der Waals surface area contributed by atoms with Crippen molar-refractivity contribution in [2.24, 2.45) is 5.73 Å². The minimum Gasteiger partial charge on any atom is -0.497 e. The van der Waals surface area contributed by atoms with Crippen LogP contribution in [0.2, 0.25) is 0 Å². The van der Waals surface area contributed by atoms with E-state index in [1.54, 1.807) is 71.2 Å². The van der Waals surface area contributed by atoms with Gasteiger partial charge in [-0.1, -0.05) is 36.8 Å². The minimum absolute atomic E-state index is 0.444. The molecule has 0 aromatic heterocycles. The summed E-state index contributed by atoms with van der Waals surface area (Å²) >= 11 is 0. The SMILES string of the molecule is CCC(C)N(C(=O)C(CC(N)=O)NC(=O)OC(C)(C)C)C(C(=O)Nc1ccc(OC)cc1)c1cccc(C)c1. The molecule has 0 aliphatic heterocycles. The van der Waals surface area contributed by atoms with Gasteiger partial charge < -0.3 is 30.7 Å². The van der Waals surface area contributed by atoms with Crippen molar-refractivity contribution in [1.82, 2.24) is 10.2 Å². The van der Waals surface area contributed by atoms with E-state index in [1.165, 1.54) is 4.90 Å². The number of hydrogen-bond acceptors (Lipinski definition) is 6. The molecule has 2 aromatic rings. The standard InChI is InChI=1S/C29H40N4O6/c1-8-19(3)33(27(36)23(17-24(30)34)32-28(37)39-29(4,5)6)25(20-11-9-10-18(2)16-20)26(35)31-21-12-14-22(38-7)15-13-21/h9-16,19,23,25H,8,17H2,1-7H3,(H2,30,34)(H,31,35)(H,32,37). The van der Waals surface area contributed by atoms with Crippen LogP contribution in [0.1, 0.15) is 64.6 Å². The number of rotatable bonds is 11. The van der Waals surface area contributed by atoms with Crippen LogP contribution in [0, 0.1) is 6.92 Å². The molecule has 0 saturated heterocycles. The van der Waals surface area contributed by atoms with Gasteiger partial charge in [0, 0.05) is 11.7 Å². The molecule has 3 unspecified atom stereocenters. The van der Waals surface area contributed by atoms with Gasteiger partial charge in [0.25, 0.3) is 5.91 Å². The van der Waals surface area contributed by atoms with Gasteiger partial charge >= 0.3 is 6.09 Å². The van der Waals surface area contributed by atoms with Gasteiger partial charge in [-0.05, 0) is 70.9 Å². The van der Waals surface area contributed by atoms with Crippen LogP contribution in [0.3, 0.4) is 0 Å². The van der Waals surface area contributed by atoms with Crippen LogP contribution in [-0.2, 0) is 19.1 Å². The highest BCUT2D eigenvalue weighted by molar-refractivity contribution is 6.00. The van der Waals surface area contributed by atoms with E-state index < -0.39 is 54.0 Å². The number of ether oxygens (including phenoxy) is 2. The van der Waals surface area contributed by atoms with E-state index in [4.69, 9.17) is 15.2 Å². The Bertz CT molecular complexity index is 1160. The highest BCUT2D eigenvalue weighted by Crippen LogP contribution is 2.29. The molecule has 0 radical (unpaired) electrons. The average molecular weight is 541 g/mol. The van der Waals surface area contributed by atoms with Gasteiger partial charge in [0.05, 0.1) is 13.5 Å². The predicted octanol–water partition coefficient (Wildman–Crippen LogP) is 4.08. The molecule has 3 atom stereocenters. The molecule has 212 valence electrons. The summed E-state index contributed by atoms with van der Waals surface area (Å²) in [6, 6.07) is 11.2. The molecule has 0 aliphatic rings. The number of aryl methyl sites for hydroxylation is 1. The van der Waals surface area contributed by atoms with Crippen LogP contribution in [-0.4, -0.2) is 53.5 Å². The first-order valence-electron chi connectivity index (χ1n) is 12.9. The molecule has 2 rings (SSSR count). The number of nitrogens with two attached hydrogens (primary N) is 1. The van der Waals surface area contributed by atoms with Crippen molar-refractivity contribution in [3.63, 3.8) is 0 Å². The maximum Gasteiger partial charge on any atom is 0.408 e. The summed E-state index contributed by atoms with van der Waals surface area (Å²) in [6.45, 7) is 10.6. The van der Waals surface area contributed by atoms with Crippen molar-refractivity contribution < 1.29 is 28.7 Å². The molecule has 4 N–H and O–H groups in total.